The quantitative estimate of drug-likeness (QED) is 0.325. The summed E-state index contributed by atoms with van der Waals surface area (Å²) in [5, 5.41) is 12.8. The van der Waals surface area contributed by atoms with Gasteiger partial charge in [0.15, 0.2) is 0 Å². The zero-order valence-corrected chi connectivity index (χ0v) is 17.0. The van der Waals surface area contributed by atoms with Crippen LogP contribution in [0.25, 0.3) is 0 Å². The summed E-state index contributed by atoms with van der Waals surface area (Å²) in [7, 11) is 0. The number of hydrogen-bond acceptors (Lipinski definition) is 3. The first-order valence-corrected chi connectivity index (χ1v) is 10.3. The molecule has 0 spiro atoms. The van der Waals surface area contributed by atoms with E-state index in [4.69, 9.17) is 0 Å². The molecule has 0 unspecified atom stereocenters. The van der Waals surface area contributed by atoms with Crippen LogP contribution in [-0.4, -0.2) is 16.8 Å². The smallest absolute Gasteiger partial charge is 0.224 e. The van der Waals surface area contributed by atoms with Gasteiger partial charge in [-0.3, -0.25) is 4.79 Å². The van der Waals surface area contributed by atoms with Crippen LogP contribution in [-0.2, 0) is 10.2 Å². The first-order chi connectivity index (χ1) is 12.8. The molecule has 0 aliphatic carbocycles. The fraction of sp³-hybridized carbons (Fsp3) is 0.409. The molecule has 0 aliphatic rings. The maximum Gasteiger partial charge on any atom is 0.224 e. The monoisotopic (exact) mass is 389 g/mol. The third-order valence-electron chi connectivity index (χ3n) is 4.27. The molecule has 3 nitrogen and oxygen atoms in total. The number of halogens is 1. The van der Waals surface area contributed by atoms with Crippen LogP contribution in [0.15, 0.2) is 47.4 Å². The van der Waals surface area contributed by atoms with Gasteiger partial charge in [-0.25, -0.2) is 4.39 Å². The molecule has 0 saturated heterocycles. The number of anilines is 1. The Balaban J connectivity index is 1.70. The van der Waals surface area contributed by atoms with Gasteiger partial charge in [0.1, 0.15) is 11.6 Å². The molecule has 0 radical (unpaired) electrons. The van der Waals surface area contributed by atoms with E-state index in [1.54, 1.807) is 30.0 Å². The summed E-state index contributed by atoms with van der Waals surface area (Å²) in [4.78, 5) is 13.2. The Morgan fingerprint density at radius 3 is 2.44 bits per heavy atom. The number of amides is 1. The lowest BCUT2D eigenvalue weighted by molar-refractivity contribution is -0.116. The van der Waals surface area contributed by atoms with Crippen LogP contribution in [0.3, 0.4) is 0 Å². The van der Waals surface area contributed by atoms with Gasteiger partial charge in [-0.15, -0.1) is 11.8 Å². The molecular formula is C22H28FNO2S. The van der Waals surface area contributed by atoms with Crippen LogP contribution in [0.2, 0.25) is 0 Å². The van der Waals surface area contributed by atoms with Crippen molar-refractivity contribution in [3.05, 3.63) is 53.8 Å². The lowest BCUT2D eigenvalue weighted by Crippen LogP contribution is -2.14. The Morgan fingerprint density at radius 2 is 1.78 bits per heavy atom. The molecule has 0 atom stereocenters. The van der Waals surface area contributed by atoms with Crippen molar-refractivity contribution in [2.24, 2.45) is 0 Å². The topological polar surface area (TPSA) is 49.3 Å². The second-order valence-electron chi connectivity index (χ2n) is 7.64. The van der Waals surface area contributed by atoms with E-state index in [-0.39, 0.29) is 22.9 Å². The number of hydrogen-bond donors (Lipinski definition) is 2. The number of unbranched alkanes of at least 4 members (excludes halogenated alkanes) is 2. The molecular weight excluding hydrogens is 361 g/mol. The van der Waals surface area contributed by atoms with Crippen molar-refractivity contribution in [2.75, 3.05) is 11.1 Å². The summed E-state index contributed by atoms with van der Waals surface area (Å²) < 4.78 is 12.8. The second-order valence-corrected chi connectivity index (χ2v) is 8.81. The largest absolute Gasteiger partial charge is 0.506 e. The summed E-state index contributed by atoms with van der Waals surface area (Å²) >= 11 is 1.70. The predicted molar refractivity (Wildman–Crippen MR) is 111 cm³/mol. The fourth-order valence-electron chi connectivity index (χ4n) is 2.60. The van der Waals surface area contributed by atoms with Crippen LogP contribution >= 0.6 is 11.8 Å². The molecule has 5 heteroatoms. The van der Waals surface area contributed by atoms with Gasteiger partial charge in [0, 0.05) is 11.3 Å². The number of carbonyl (C=O) groups excluding carboxylic acids is 1. The van der Waals surface area contributed by atoms with Gasteiger partial charge in [-0.1, -0.05) is 33.3 Å². The molecule has 2 rings (SSSR count). The number of carbonyl (C=O) groups is 1. The van der Waals surface area contributed by atoms with Crippen molar-refractivity contribution in [3.63, 3.8) is 0 Å². The molecule has 2 aromatic rings. The molecule has 146 valence electrons. The maximum atomic E-state index is 12.8. The summed E-state index contributed by atoms with van der Waals surface area (Å²) in [6.45, 7) is 6.28. The molecule has 27 heavy (non-hydrogen) atoms. The number of nitrogens with one attached hydrogen (secondary N) is 1. The Morgan fingerprint density at radius 1 is 1.07 bits per heavy atom. The molecule has 2 aromatic carbocycles. The third kappa shape index (κ3) is 7.25. The van der Waals surface area contributed by atoms with Crippen molar-refractivity contribution in [3.8, 4) is 5.75 Å². The van der Waals surface area contributed by atoms with E-state index in [1.165, 1.54) is 12.1 Å². The van der Waals surface area contributed by atoms with E-state index in [0.717, 1.165) is 35.5 Å². The van der Waals surface area contributed by atoms with Crippen LogP contribution < -0.4 is 5.32 Å². The lowest BCUT2D eigenvalue weighted by atomic mass is 9.87. The van der Waals surface area contributed by atoms with Crippen LogP contribution in [0, 0.1) is 5.82 Å². The summed E-state index contributed by atoms with van der Waals surface area (Å²) in [6.07, 6.45) is 3.19. The summed E-state index contributed by atoms with van der Waals surface area (Å²) in [5.41, 5.74) is 1.49. The highest BCUT2D eigenvalue weighted by molar-refractivity contribution is 7.99. The third-order valence-corrected chi connectivity index (χ3v) is 5.37. The fourth-order valence-corrected chi connectivity index (χ4v) is 3.51. The van der Waals surface area contributed by atoms with Gasteiger partial charge in [0.05, 0.1) is 5.69 Å². The zero-order chi connectivity index (χ0) is 19.9. The minimum absolute atomic E-state index is 0.0463. The Kier molecular flexibility index (Phi) is 7.72. The first kappa shape index (κ1) is 21.3. The highest BCUT2D eigenvalue weighted by Gasteiger charge is 2.16. The van der Waals surface area contributed by atoms with Gasteiger partial charge < -0.3 is 10.4 Å². The normalized spacial score (nSPS) is 11.4. The molecule has 2 N–H and O–H groups in total. The molecule has 0 aliphatic heterocycles. The van der Waals surface area contributed by atoms with Crippen molar-refractivity contribution >= 4 is 23.4 Å². The summed E-state index contributed by atoms with van der Waals surface area (Å²) in [5.74, 6) is 0.737. The Hall–Kier alpha value is -2.01. The number of benzene rings is 2. The predicted octanol–water partition coefficient (Wildman–Crippen LogP) is 6.12. The van der Waals surface area contributed by atoms with E-state index in [9.17, 15) is 14.3 Å². The van der Waals surface area contributed by atoms with E-state index >= 15 is 0 Å². The first-order valence-electron chi connectivity index (χ1n) is 9.27. The zero-order valence-electron chi connectivity index (χ0n) is 16.2. The minimum Gasteiger partial charge on any atom is -0.506 e. The molecule has 0 heterocycles. The van der Waals surface area contributed by atoms with Crippen molar-refractivity contribution in [2.45, 2.75) is 56.8 Å². The molecule has 0 saturated carbocycles. The average Bonchev–Trinajstić information content (AvgIpc) is 2.60. The van der Waals surface area contributed by atoms with Gasteiger partial charge >= 0.3 is 0 Å². The molecule has 0 bridgehead atoms. The van der Waals surface area contributed by atoms with E-state index in [0.29, 0.717) is 12.1 Å². The number of phenolic OH excluding ortho intramolecular Hbond substituents is 1. The van der Waals surface area contributed by atoms with Crippen molar-refractivity contribution in [1.82, 2.24) is 0 Å². The molecule has 0 fully saturated rings. The molecule has 0 aromatic heterocycles. The van der Waals surface area contributed by atoms with E-state index < -0.39 is 0 Å². The Labute approximate surface area is 165 Å². The van der Waals surface area contributed by atoms with E-state index in [2.05, 4.69) is 26.1 Å². The highest BCUT2D eigenvalue weighted by Crippen LogP contribution is 2.30. The van der Waals surface area contributed by atoms with Gasteiger partial charge in [-0.05, 0) is 66.0 Å². The standard InChI is InChI=1S/C22H28FNO2S/c1-22(2,3)16-8-13-20(25)19(15-16)24-21(26)7-5-4-6-14-27-18-11-9-17(23)10-12-18/h8-13,15,25H,4-7,14H2,1-3H3,(H,24,26). The van der Waals surface area contributed by atoms with E-state index in [1.807, 2.05) is 12.1 Å². The number of phenols is 1. The summed E-state index contributed by atoms with van der Waals surface area (Å²) in [6, 6.07) is 11.9. The van der Waals surface area contributed by atoms with Gasteiger partial charge in [-0.2, -0.15) is 0 Å². The van der Waals surface area contributed by atoms with Crippen LogP contribution in [0.4, 0.5) is 10.1 Å². The average molecular weight is 390 g/mol. The van der Waals surface area contributed by atoms with Gasteiger partial charge in [0.2, 0.25) is 5.91 Å². The second kappa shape index (κ2) is 9.79. The Bertz CT molecular complexity index is 754. The minimum atomic E-state index is -0.218. The lowest BCUT2D eigenvalue weighted by Gasteiger charge is -2.20. The maximum absolute atomic E-state index is 12.8. The number of rotatable bonds is 8. The highest BCUT2D eigenvalue weighted by atomic mass is 32.2. The van der Waals surface area contributed by atoms with Crippen LogP contribution in [0.5, 0.6) is 5.75 Å². The van der Waals surface area contributed by atoms with Gasteiger partial charge in [0.25, 0.3) is 0 Å². The van der Waals surface area contributed by atoms with Crippen molar-refractivity contribution in [1.29, 1.82) is 0 Å². The number of aromatic hydroxyl groups is 1. The number of thioether (sulfide) groups is 1. The van der Waals surface area contributed by atoms with Crippen molar-refractivity contribution < 1.29 is 14.3 Å². The molecule has 1 amide bonds. The van der Waals surface area contributed by atoms with Crippen LogP contribution in [0.1, 0.15) is 52.0 Å². The SMILES string of the molecule is CC(C)(C)c1ccc(O)c(NC(=O)CCCCCSc2ccc(F)cc2)c1.